The second-order valence-electron chi connectivity index (χ2n) is 6.80. The Balaban J connectivity index is 1.73. The van der Waals surface area contributed by atoms with E-state index in [4.69, 9.17) is 14.2 Å². The summed E-state index contributed by atoms with van der Waals surface area (Å²) in [7, 11) is 4.69. The normalized spacial score (nSPS) is 18.6. The number of methoxy groups -OCH3 is 3. The molecule has 0 unspecified atom stereocenters. The van der Waals surface area contributed by atoms with Crippen LogP contribution in [0.15, 0.2) is 12.1 Å². The van der Waals surface area contributed by atoms with Crippen molar-refractivity contribution in [3.8, 4) is 17.2 Å². The molecule has 1 aromatic carbocycles. The summed E-state index contributed by atoms with van der Waals surface area (Å²) in [6, 6.07) is 3.47. The van der Waals surface area contributed by atoms with E-state index in [1.165, 1.54) is 19.4 Å². The van der Waals surface area contributed by atoms with E-state index >= 15 is 0 Å². The molecule has 0 N–H and O–H groups in total. The number of benzene rings is 1. The molecule has 2 aliphatic rings. The molecular weight excluding hydrogens is 320 g/mol. The van der Waals surface area contributed by atoms with E-state index in [0.717, 1.165) is 38.5 Å². The maximum Gasteiger partial charge on any atom is 0.254 e. The molecule has 0 aromatic heterocycles. The van der Waals surface area contributed by atoms with Gasteiger partial charge in [-0.05, 0) is 43.9 Å². The third kappa shape index (κ3) is 4.18. The lowest BCUT2D eigenvalue weighted by atomic mass is 10.1. The van der Waals surface area contributed by atoms with Gasteiger partial charge in [-0.1, -0.05) is 0 Å². The van der Waals surface area contributed by atoms with Gasteiger partial charge in [-0.3, -0.25) is 4.79 Å². The van der Waals surface area contributed by atoms with Gasteiger partial charge in [0.2, 0.25) is 5.75 Å². The van der Waals surface area contributed by atoms with Crippen molar-refractivity contribution in [1.82, 2.24) is 9.80 Å². The predicted octanol–water partition coefficient (Wildman–Crippen LogP) is 2.27. The SMILES string of the molecule is COc1cc(C(=O)N2CCCN(CC3CC3)CC2)cc(OC)c1OC. The molecular formula is C19H28N2O4. The van der Waals surface area contributed by atoms with Crippen molar-refractivity contribution in [2.75, 3.05) is 54.1 Å². The zero-order chi connectivity index (χ0) is 17.8. The van der Waals surface area contributed by atoms with Crippen molar-refractivity contribution in [3.63, 3.8) is 0 Å². The Kier molecular flexibility index (Phi) is 5.68. The summed E-state index contributed by atoms with van der Waals surface area (Å²) in [6.07, 6.45) is 3.75. The van der Waals surface area contributed by atoms with E-state index in [9.17, 15) is 4.79 Å². The zero-order valence-electron chi connectivity index (χ0n) is 15.4. The highest BCUT2D eigenvalue weighted by molar-refractivity contribution is 5.95. The lowest BCUT2D eigenvalue weighted by molar-refractivity contribution is 0.0760. The van der Waals surface area contributed by atoms with E-state index in [1.54, 1.807) is 33.5 Å². The predicted molar refractivity (Wildman–Crippen MR) is 95.8 cm³/mol. The quantitative estimate of drug-likeness (QED) is 0.789. The monoisotopic (exact) mass is 348 g/mol. The Morgan fingerprint density at radius 2 is 1.68 bits per heavy atom. The minimum atomic E-state index is 0.0209. The van der Waals surface area contributed by atoms with Crippen LogP contribution in [-0.4, -0.2) is 69.8 Å². The Bertz CT molecular complexity index is 590. The van der Waals surface area contributed by atoms with E-state index in [1.807, 2.05) is 4.90 Å². The minimum Gasteiger partial charge on any atom is -0.493 e. The first-order valence-corrected chi connectivity index (χ1v) is 8.98. The molecule has 6 heteroatoms. The average molecular weight is 348 g/mol. The van der Waals surface area contributed by atoms with Crippen LogP contribution in [0.2, 0.25) is 0 Å². The number of carbonyl (C=O) groups is 1. The summed E-state index contributed by atoms with van der Waals surface area (Å²) in [5.41, 5.74) is 0.574. The molecule has 3 rings (SSSR count). The van der Waals surface area contributed by atoms with Crippen LogP contribution >= 0.6 is 0 Å². The fraction of sp³-hybridized carbons (Fsp3) is 0.632. The maximum atomic E-state index is 13.0. The number of nitrogens with zero attached hydrogens (tertiary/aromatic N) is 2. The molecule has 25 heavy (non-hydrogen) atoms. The molecule has 0 spiro atoms. The van der Waals surface area contributed by atoms with Gasteiger partial charge in [-0.2, -0.15) is 0 Å². The fourth-order valence-corrected chi connectivity index (χ4v) is 3.41. The third-order valence-corrected chi connectivity index (χ3v) is 5.00. The first kappa shape index (κ1) is 17.9. The van der Waals surface area contributed by atoms with Gasteiger partial charge >= 0.3 is 0 Å². The first-order valence-electron chi connectivity index (χ1n) is 8.98. The molecule has 1 saturated heterocycles. The van der Waals surface area contributed by atoms with Crippen molar-refractivity contribution in [3.05, 3.63) is 17.7 Å². The molecule has 1 aliphatic carbocycles. The van der Waals surface area contributed by atoms with Gasteiger partial charge in [0.15, 0.2) is 11.5 Å². The van der Waals surface area contributed by atoms with E-state index < -0.39 is 0 Å². The van der Waals surface area contributed by atoms with Crippen LogP contribution in [0.25, 0.3) is 0 Å². The highest BCUT2D eigenvalue weighted by Gasteiger charge is 2.27. The molecule has 1 saturated carbocycles. The summed E-state index contributed by atoms with van der Waals surface area (Å²) < 4.78 is 16.1. The zero-order valence-corrected chi connectivity index (χ0v) is 15.4. The Morgan fingerprint density at radius 3 is 2.24 bits per heavy atom. The summed E-state index contributed by atoms with van der Waals surface area (Å²) in [5.74, 6) is 2.43. The summed E-state index contributed by atoms with van der Waals surface area (Å²) in [5, 5.41) is 0. The molecule has 0 radical (unpaired) electrons. The number of hydrogen-bond donors (Lipinski definition) is 0. The molecule has 2 fully saturated rings. The van der Waals surface area contributed by atoms with Crippen LogP contribution in [0.3, 0.4) is 0 Å². The lowest BCUT2D eigenvalue weighted by Gasteiger charge is -2.23. The number of amides is 1. The molecule has 0 atom stereocenters. The molecule has 6 nitrogen and oxygen atoms in total. The second-order valence-corrected chi connectivity index (χ2v) is 6.80. The van der Waals surface area contributed by atoms with Crippen molar-refractivity contribution in [2.24, 2.45) is 5.92 Å². The highest BCUT2D eigenvalue weighted by atomic mass is 16.5. The van der Waals surface area contributed by atoms with E-state index in [2.05, 4.69) is 4.90 Å². The first-order chi connectivity index (χ1) is 12.2. The lowest BCUT2D eigenvalue weighted by Crippen LogP contribution is -2.35. The van der Waals surface area contributed by atoms with Gasteiger partial charge in [0.25, 0.3) is 5.91 Å². The van der Waals surface area contributed by atoms with Crippen molar-refractivity contribution in [2.45, 2.75) is 19.3 Å². The number of hydrogen-bond acceptors (Lipinski definition) is 5. The molecule has 1 amide bonds. The standard InChI is InChI=1S/C19H28N2O4/c1-23-16-11-15(12-17(24-2)18(16)25-3)19(22)21-8-4-7-20(9-10-21)13-14-5-6-14/h11-12,14H,4-10,13H2,1-3H3. The largest absolute Gasteiger partial charge is 0.493 e. The summed E-state index contributed by atoms with van der Waals surface area (Å²) in [4.78, 5) is 17.4. The second kappa shape index (κ2) is 7.95. The van der Waals surface area contributed by atoms with Crippen LogP contribution in [0.5, 0.6) is 17.2 Å². The van der Waals surface area contributed by atoms with E-state index in [-0.39, 0.29) is 5.91 Å². The van der Waals surface area contributed by atoms with Crippen molar-refractivity contribution in [1.29, 1.82) is 0 Å². The summed E-state index contributed by atoms with van der Waals surface area (Å²) >= 11 is 0. The minimum absolute atomic E-state index is 0.0209. The highest BCUT2D eigenvalue weighted by Crippen LogP contribution is 2.38. The third-order valence-electron chi connectivity index (χ3n) is 5.00. The number of carbonyl (C=O) groups excluding carboxylic acids is 1. The molecule has 1 aromatic rings. The molecule has 138 valence electrons. The van der Waals surface area contributed by atoms with Gasteiger partial charge in [0.05, 0.1) is 21.3 Å². The summed E-state index contributed by atoms with van der Waals surface area (Å²) in [6.45, 7) is 4.77. The Morgan fingerprint density at radius 1 is 1.00 bits per heavy atom. The van der Waals surface area contributed by atoms with Crippen LogP contribution in [-0.2, 0) is 0 Å². The topological polar surface area (TPSA) is 51.2 Å². The average Bonchev–Trinajstić information content (AvgIpc) is 3.47. The van der Waals surface area contributed by atoms with Gasteiger partial charge in [0, 0.05) is 31.7 Å². The Hall–Kier alpha value is -1.95. The van der Waals surface area contributed by atoms with Crippen LogP contribution in [0.1, 0.15) is 29.6 Å². The van der Waals surface area contributed by atoms with Crippen LogP contribution in [0, 0.1) is 5.92 Å². The smallest absolute Gasteiger partial charge is 0.254 e. The Labute approximate surface area is 149 Å². The van der Waals surface area contributed by atoms with Gasteiger partial charge in [-0.15, -0.1) is 0 Å². The number of ether oxygens (including phenoxy) is 3. The number of rotatable bonds is 6. The maximum absolute atomic E-state index is 13.0. The molecule has 1 heterocycles. The van der Waals surface area contributed by atoms with Gasteiger partial charge < -0.3 is 24.0 Å². The van der Waals surface area contributed by atoms with Crippen molar-refractivity contribution >= 4 is 5.91 Å². The van der Waals surface area contributed by atoms with E-state index in [0.29, 0.717) is 22.8 Å². The molecule has 0 bridgehead atoms. The van der Waals surface area contributed by atoms with Crippen molar-refractivity contribution < 1.29 is 19.0 Å². The van der Waals surface area contributed by atoms with Gasteiger partial charge in [0.1, 0.15) is 0 Å². The van der Waals surface area contributed by atoms with Gasteiger partial charge in [-0.25, -0.2) is 0 Å². The molecule has 1 aliphatic heterocycles. The fourth-order valence-electron chi connectivity index (χ4n) is 3.41. The van der Waals surface area contributed by atoms with Crippen LogP contribution in [0.4, 0.5) is 0 Å². The van der Waals surface area contributed by atoms with Crippen LogP contribution < -0.4 is 14.2 Å².